The van der Waals surface area contributed by atoms with Gasteiger partial charge in [0.1, 0.15) is 5.01 Å². The molecule has 80 valence electrons. The molecule has 3 heteroatoms. The third kappa shape index (κ3) is 4.47. The molecular formula is C11H19NS2. The predicted octanol–water partition coefficient (Wildman–Crippen LogP) is 4.13. The van der Waals surface area contributed by atoms with Gasteiger partial charge < -0.3 is 0 Å². The van der Waals surface area contributed by atoms with E-state index in [1.165, 1.54) is 17.1 Å². The Bertz CT molecular complexity index is 273. The molecule has 0 aliphatic carbocycles. The molecule has 0 spiro atoms. The van der Waals surface area contributed by atoms with Crippen LogP contribution < -0.4 is 0 Å². The van der Waals surface area contributed by atoms with Crippen LogP contribution in [0.4, 0.5) is 0 Å². The molecule has 0 atom stereocenters. The molecule has 0 saturated carbocycles. The first-order valence-corrected chi connectivity index (χ1v) is 6.95. The van der Waals surface area contributed by atoms with Crippen LogP contribution in [0.25, 0.3) is 0 Å². The fourth-order valence-electron chi connectivity index (χ4n) is 1.06. The monoisotopic (exact) mass is 229 g/mol. The number of rotatable bonds is 4. The number of hydrogen-bond acceptors (Lipinski definition) is 3. The van der Waals surface area contributed by atoms with E-state index >= 15 is 0 Å². The number of aryl methyl sites for hydroxylation is 1. The van der Waals surface area contributed by atoms with Crippen LogP contribution in [0.5, 0.6) is 0 Å². The number of thiazole rings is 1. The first kappa shape index (κ1) is 12.1. The Kier molecular flexibility index (Phi) is 4.45. The summed E-state index contributed by atoms with van der Waals surface area (Å²) in [6.45, 7) is 8.94. The summed E-state index contributed by atoms with van der Waals surface area (Å²) in [6.07, 6.45) is 2.31. The number of hydrogen-bond donors (Lipinski definition) is 0. The molecule has 0 aliphatic rings. The van der Waals surface area contributed by atoms with Crippen LogP contribution in [-0.2, 0) is 12.2 Å². The van der Waals surface area contributed by atoms with Crippen LogP contribution in [0.3, 0.4) is 0 Å². The van der Waals surface area contributed by atoms with Gasteiger partial charge in [-0.05, 0) is 6.42 Å². The minimum Gasteiger partial charge on any atom is -0.245 e. The summed E-state index contributed by atoms with van der Waals surface area (Å²) in [5.74, 6) is 1.05. The van der Waals surface area contributed by atoms with Gasteiger partial charge in [-0.15, -0.1) is 23.1 Å². The molecule has 0 amide bonds. The summed E-state index contributed by atoms with van der Waals surface area (Å²) in [4.78, 5) is 4.60. The molecule has 0 radical (unpaired) electrons. The molecule has 0 saturated heterocycles. The zero-order valence-electron chi connectivity index (χ0n) is 9.46. The summed E-state index contributed by atoms with van der Waals surface area (Å²) >= 11 is 3.76. The Morgan fingerprint density at radius 3 is 2.71 bits per heavy atom. The standard InChI is InChI=1S/C11H19NS2/c1-5-6-9-7-13-10(12-9)8-14-11(2,3)4/h7H,5-6,8H2,1-4H3. The molecule has 1 aromatic rings. The van der Waals surface area contributed by atoms with Crippen molar-refractivity contribution in [3.63, 3.8) is 0 Å². The second-order valence-electron chi connectivity index (χ2n) is 4.38. The van der Waals surface area contributed by atoms with Gasteiger partial charge in [-0.3, -0.25) is 0 Å². The Morgan fingerprint density at radius 2 is 2.14 bits per heavy atom. The normalized spacial score (nSPS) is 12.0. The number of nitrogens with zero attached hydrogens (tertiary/aromatic N) is 1. The highest BCUT2D eigenvalue weighted by molar-refractivity contribution is 7.99. The van der Waals surface area contributed by atoms with Crippen molar-refractivity contribution < 1.29 is 0 Å². The van der Waals surface area contributed by atoms with Gasteiger partial charge in [0.05, 0.1) is 5.69 Å². The lowest BCUT2D eigenvalue weighted by atomic mass is 10.3. The van der Waals surface area contributed by atoms with Crippen LogP contribution >= 0.6 is 23.1 Å². The van der Waals surface area contributed by atoms with Crippen LogP contribution in [0.1, 0.15) is 44.8 Å². The SMILES string of the molecule is CCCc1csc(CSC(C)(C)C)n1. The zero-order chi connectivity index (χ0) is 10.6. The average Bonchev–Trinajstić information content (AvgIpc) is 2.49. The number of aromatic nitrogens is 1. The van der Waals surface area contributed by atoms with Crippen LogP contribution in [0.2, 0.25) is 0 Å². The Morgan fingerprint density at radius 1 is 1.43 bits per heavy atom. The third-order valence-electron chi connectivity index (χ3n) is 1.73. The van der Waals surface area contributed by atoms with Gasteiger partial charge in [-0.2, -0.15) is 0 Å². The fraction of sp³-hybridized carbons (Fsp3) is 0.727. The van der Waals surface area contributed by atoms with Gasteiger partial charge in [-0.25, -0.2) is 4.98 Å². The summed E-state index contributed by atoms with van der Waals surface area (Å²) in [5.41, 5.74) is 1.27. The van der Waals surface area contributed by atoms with Crippen molar-refractivity contribution in [1.29, 1.82) is 0 Å². The van der Waals surface area contributed by atoms with Gasteiger partial charge in [0.2, 0.25) is 0 Å². The van der Waals surface area contributed by atoms with Crippen molar-refractivity contribution in [3.05, 3.63) is 16.1 Å². The highest BCUT2D eigenvalue weighted by Crippen LogP contribution is 2.28. The quantitative estimate of drug-likeness (QED) is 0.770. The van der Waals surface area contributed by atoms with E-state index in [0.717, 1.165) is 12.2 Å². The third-order valence-corrected chi connectivity index (χ3v) is 4.10. The Hall–Kier alpha value is -0.0200. The second-order valence-corrected chi connectivity index (χ2v) is 7.13. The molecule has 14 heavy (non-hydrogen) atoms. The molecule has 0 fully saturated rings. The van der Waals surface area contributed by atoms with Gasteiger partial charge >= 0.3 is 0 Å². The molecule has 0 aliphatic heterocycles. The van der Waals surface area contributed by atoms with Crippen LogP contribution in [0, 0.1) is 0 Å². The highest BCUT2D eigenvalue weighted by Gasteiger charge is 2.11. The maximum atomic E-state index is 4.60. The number of thioether (sulfide) groups is 1. The molecule has 0 bridgehead atoms. The van der Waals surface area contributed by atoms with Crippen molar-refractivity contribution in [2.45, 2.75) is 51.0 Å². The fourth-order valence-corrected chi connectivity index (χ4v) is 2.75. The highest BCUT2D eigenvalue weighted by atomic mass is 32.2. The topological polar surface area (TPSA) is 12.9 Å². The van der Waals surface area contributed by atoms with E-state index in [1.807, 2.05) is 11.8 Å². The van der Waals surface area contributed by atoms with E-state index in [4.69, 9.17) is 0 Å². The summed E-state index contributed by atoms with van der Waals surface area (Å²) in [7, 11) is 0. The molecule has 1 rings (SSSR count). The molecule has 1 aromatic heterocycles. The maximum absolute atomic E-state index is 4.60. The second kappa shape index (κ2) is 5.17. The van der Waals surface area contributed by atoms with Gasteiger partial charge in [-0.1, -0.05) is 34.1 Å². The minimum atomic E-state index is 0.344. The molecule has 1 nitrogen and oxygen atoms in total. The van der Waals surface area contributed by atoms with Crippen molar-refractivity contribution in [2.24, 2.45) is 0 Å². The van der Waals surface area contributed by atoms with Crippen molar-refractivity contribution in [3.8, 4) is 0 Å². The maximum Gasteiger partial charge on any atom is 0.103 e. The summed E-state index contributed by atoms with van der Waals surface area (Å²) < 4.78 is 0.344. The summed E-state index contributed by atoms with van der Waals surface area (Å²) in [5, 5.41) is 3.47. The largest absolute Gasteiger partial charge is 0.245 e. The van der Waals surface area contributed by atoms with Crippen LogP contribution in [0.15, 0.2) is 5.38 Å². The molecular weight excluding hydrogens is 210 g/mol. The van der Waals surface area contributed by atoms with E-state index < -0.39 is 0 Å². The molecule has 0 N–H and O–H groups in total. The van der Waals surface area contributed by atoms with Crippen molar-refractivity contribution in [2.75, 3.05) is 0 Å². The minimum absolute atomic E-state index is 0.344. The molecule has 1 heterocycles. The first-order chi connectivity index (χ1) is 6.51. The average molecular weight is 229 g/mol. The van der Waals surface area contributed by atoms with Gasteiger partial charge in [0.25, 0.3) is 0 Å². The smallest absolute Gasteiger partial charge is 0.103 e. The van der Waals surface area contributed by atoms with E-state index in [1.54, 1.807) is 11.3 Å². The lowest BCUT2D eigenvalue weighted by Crippen LogP contribution is -2.07. The van der Waals surface area contributed by atoms with E-state index in [9.17, 15) is 0 Å². The molecule has 0 aromatic carbocycles. The van der Waals surface area contributed by atoms with Crippen molar-refractivity contribution in [1.82, 2.24) is 4.98 Å². The lowest BCUT2D eigenvalue weighted by molar-refractivity contribution is 0.801. The zero-order valence-corrected chi connectivity index (χ0v) is 11.1. The van der Waals surface area contributed by atoms with Crippen LogP contribution in [-0.4, -0.2) is 9.73 Å². The summed E-state index contributed by atoms with van der Waals surface area (Å²) in [6, 6.07) is 0. The van der Waals surface area contributed by atoms with Gasteiger partial charge in [0, 0.05) is 15.9 Å². The predicted molar refractivity (Wildman–Crippen MR) is 67.2 cm³/mol. The first-order valence-electron chi connectivity index (χ1n) is 5.08. The Balaban J connectivity index is 2.44. The lowest BCUT2D eigenvalue weighted by Gasteiger charge is -2.16. The molecule has 0 unspecified atom stereocenters. The van der Waals surface area contributed by atoms with Gasteiger partial charge in [0.15, 0.2) is 0 Å². The van der Waals surface area contributed by atoms with E-state index in [2.05, 4.69) is 38.1 Å². The Labute approximate surface area is 95.3 Å². The van der Waals surface area contributed by atoms with Crippen molar-refractivity contribution >= 4 is 23.1 Å². The van der Waals surface area contributed by atoms with E-state index in [0.29, 0.717) is 4.75 Å². The van der Waals surface area contributed by atoms with E-state index in [-0.39, 0.29) is 0 Å².